The number of pyridine rings is 2. The van der Waals surface area contributed by atoms with Gasteiger partial charge in [-0.25, -0.2) is 19.9 Å². The second-order valence-corrected chi connectivity index (χ2v) is 7.93. The van der Waals surface area contributed by atoms with Crippen LogP contribution in [0.3, 0.4) is 0 Å². The molecule has 1 aliphatic rings. The second kappa shape index (κ2) is 8.86. The van der Waals surface area contributed by atoms with Gasteiger partial charge in [-0.3, -0.25) is 0 Å². The van der Waals surface area contributed by atoms with Gasteiger partial charge in [-0.1, -0.05) is 30.3 Å². The normalized spacial score (nSPS) is 14.6. The molecule has 162 valence electrons. The van der Waals surface area contributed by atoms with Crippen molar-refractivity contribution in [2.24, 2.45) is 0 Å². The summed E-state index contributed by atoms with van der Waals surface area (Å²) in [6.45, 7) is 3.98. The minimum atomic E-state index is -0.140. The average Bonchev–Trinajstić information content (AvgIpc) is 2.85. The minimum absolute atomic E-state index is 0.140. The Hall–Kier alpha value is -3.62. The zero-order valence-corrected chi connectivity index (χ0v) is 17.9. The number of anilines is 3. The zero-order valence-electron chi connectivity index (χ0n) is 17.9. The Morgan fingerprint density at radius 3 is 2.47 bits per heavy atom. The number of aromatic nitrogens is 4. The number of hydrogen-bond donors (Lipinski definition) is 2. The van der Waals surface area contributed by atoms with Gasteiger partial charge in [-0.05, 0) is 25.2 Å². The average molecular weight is 428 g/mol. The van der Waals surface area contributed by atoms with Gasteiger partial charge in [0.25, 0.3) is 0 Å². The predicted molar refractivity (Wildman–Crippen MR) is 126 cm³/mol. The van der Waals surface area contributed by atoms with Crippen LogP contribution >= 0.6 is 0 Å². The van der Waals surface area contributed by atoms with E-state index in [4.69, 9.17) is 4.98 Å². The molecule has 0 spiro atoms. The number of benzene rings is 1. The Morgan fingerprint density at radius 1 is 0.938 bits per heavy atom. The van der Waals surface area contributed by atoms with E-state index in [0.29, 0.717) is 17.5 Å². The van der Waals surface area contributed by atoms with Crippen LogP contribution in [0.25, 0.3) is 22.2 Å². The standard InChI is InChI=1S/C24H25N7O/c1-30-9-11-31(12-10-30)20-7-8-21(25-15-20)28-24-26-14-18-13-19(16-32)27-22(23(18)29-24)17-5-3-2-4-6-17/h2-8,13-15,32H,9-12,16H2,1H3,(H,25,26,28,29). The zero-order chi connectivity index (χ0) is 21.9. The molecule has 0 atom stereocenters. The van der Waals surface area contributed by atoms with Crippen LogP contribution in [0.15, 0.2) is 60.9 Å². The largest absolute Gasteiger partial charge is 0.390 e. The van der Waals surface area contributed by atoms with Crippen LogP contribution in [0.4, 0.5) is 17.5 Å². The summed E-state index contributed by atoms with van der Waals surface area (Å²) in [5.41, 5.74) is 4.08. The van der Waals surface area contributed by atoms with Crippen molar-refractivity contribution in [1.82, 2.24) is 24.8 Å². The third-order valence-corrected chi connectivity index (χ3v) is 5.68. The van der Waals surface area contributed by atoms with E-state index >= 15 is 0 Å². The summed E-state index contributed by atoms with van der Waals surface area (Å²) >= 11 is 0. The van der Waals surface area contributed by atoms with Crippen molar-refractivity contribution >= 4 is 28.4 Å². The van der Waals surface area contributed by atoms with Gasteiger partial charge in [0.1, 0.15) is 11.3 Å². The van der Waals surface area contributed by atoms with E-state index in [0.717, 1.165) is 54.0 Å². The molecule has 8 heteroatoms. The van der Waals surface area contributed by atoms with Crippen LogP contribution in [-0.4, -0.2) is 63.2 Å². The fraction of sp³-hybridized carbons (Fsp3) is 0.250. The summed E-state index contributed by atoms with van der Waals surface area (Å²) in [4.78, 5) is 23.0. The van der Waals surface area contributed by atoms with E-state index in [9.17, 15) is 5.11 Å². The Bertz CT molecular complexity index is 1210. The highest BCUT2D eigenvalue weighted by atomic mass is 16.3. The van der Waals surface area contributed by atoms with E-state index in [1.165, 1.54) is 0 Å². The van der Waals surface area contributed by atoms with Gasteiger partial charge in [0, 0.05) is 43.3 Å². The number of likely N-dealkylation sites (N-methyl/N-ethyl adjacent to an activating group) is 1. The molecule has 8 nitrogen and oxygen atoms in total. The van der Waals surface area contributed by atoms with E-state index in [1.807, 2.05) is 48.7 Å². The number of aliphatic hydroxyl groups is 1. The Kier molecular flexibility index (Phi) is 5.62. The molecular weight excluding hydrogens is 402 g/mol. The minimum Gasteiger partial charge on any atom is -0.390 e. The Labute approximate surface area is 186 Å². The van der Waals surface area contributed by atoms with Gasteiger partial charge in [0.15, 0.2) is 0 Å². The summed E-state index contributed by atoms with van der Waals surface area (Å²) in [6, 6.07) is 15.7. The number of piperazine rings is 1. The van der Waals surface area contributed by atoms with Crippen LogP contribution in [0.5, 0.6) is 0 Å². The third kappa shape index (κ3) is 4.23. The number of hydrogen-bond acceptors (Lipinski definition) is 8. The van der Waals surface area contributed by atoms with Crippen LogP contribution in [0.1, 0.15) is 5.69 Å². The first-order chi connectivity index (χ1) is 15.7. The summed E-state index contributed by atoms with van der Waals surface area (Å²) in [7, 11) is 2.15. The van der Waals surface area contributed by atoms with Crippen LogP contribution in [0.2, 0.25) is 0 Å². The number of fused-ring (bicyclic) bond motifs is 1. The molecule has 1 fully saturated rings. The van der Waals surface area contributed by atoms with Gasteiger partial charge in [0.05, 0.1) is 29.9 Å². The topological polar surface area (TPSA) is 90.3 Å². The third-order valence-electron chi connectivity index (χ3n) is 5.68. The maximum absolute atomic E-state index is 9.62. The van der Waals surface area contributed by atoms with Crippen molar-refractivity contribution < 1.29 is 5.11 Å². The molecule has 0 radical (unpaired) electrons. The molecule has 0 bridgehead atoms. The molecule has 0 aliphatic carbocycles. The van der Waals surface area contributed by atoms with Gasteiger partial charge in [-0.2, -0.15) is 0 Å². The second-order valence-electron chi connectivity index (χ2n) is 7.93. The number of aliphatic hydroxyl groups excluding tert-OH is 1. The fourth-order valence-electron chi connectivity index (χ4n) is 3.86. The molecule has 2 N–H and O–H groups in total. The molecular formula is C24H25N7O. The summed E-state index contributed by atoms with van der Waals surface area (Å²) < 4.78 is 0. The Balaban J connectivity index is 1.42. The first-order valence-corrected chi connectivity index (χ1v) is 10.7. The maximum Gasteiger partial charge on any atom is 0.228 e. The van der Waals surface area contributed by atoms with E-state index in [-0.39, 0.29) is 6.61 Å². The lowest BCUT2D eigenvalue weighted by atomic mass is 10.1. The van der Waals surface area contributed by atoms with Gasteiger partial charge in [-0.15, -0.1) is 0 Å². The predicted octanol–water partition coefficient (Wildman–Crippen LogP) is 3.07. The van der Waals surface area contributed by atoms with E-state index in [1.54, 1.807) is 6.20 Å². The summed E-state index contributed by atoms with van der Waals surface area (Å²) in [5, 5.41) is 13.6. The number of rotatable bonds is 5. The van der Waals surface area contributed by atoms with Gasteiger partial charge < -0.3 is 20.2 Å². The van der Waals surface area contributed by atoms with Gasteiger partial charge >= 0.3 is 0 Å². The highest BCUT2D eigenvalue weighted by Crippen LogP contribution is 2.27. The molecule has 0 amide bonds. The van der Waals surface area contributed by atoms with Crippen molar-refractivity contribution in [1.29, 1.82) is 0 Å². The molecule has 4 aromatic rings. The molecule has 1 saturated heterocycles. The molecule has 0 saturated carbocycles. The fourth-order valence-corrected chi connectivity index (χ4v) is 3.86. The number of nitrogens with zero attached hydrogens (tertiary/aromatic N) is 6. The lowest BCUT2D eigenvalue weighted by Crippen LogP contribution is -2.44. The van der Waals surface area contributed by atoms with E-state index in [2.05, 4.69) is 43.2 Å². The summed E-state index contributed by atoms with van der Waals surface area (Å²) in [6.07, 6.45) is 3.63. The molecule has 3 aromatic heterocycles. The Morgan fingerprint density at radius 2 is 1.75 bits per heavy atom. The van der Waals surface area contributed by atoms with Crippen LogP contribution < -0.4 is 10.2 Å². The molecule has 1 aliphatic heterocycles. The highest BCUT2D eigenvalue weighted by molar-refractivity contribution is 5.92. The molecule has 32 heavy (non-hydrogen) atoms. The lowest BCUT2D eigenvalue weighted by Gasteiger charge is -2.33. The van der Waals surface area contributed by atoms with Crippen molar-refractivity contribution in [3.8, 4) is 11.3 Å². The molecule has 1 aromatic carbocycles. The molecule has 5 rings (SSSR count). The maximum atomic E-state index is 9.62. The molecule has 0 unspecified atom stereocenters. The molecule has 4 heterocycles. The summed E-state index contributed by atoms with van der Waals surface area (Å²) in [5.74, 6) is 1.14. The van der Waals surface area contributed by atoms with Crippen molar-refractivity contribution in [2.75, 3.05) is 43.4 Å². The van der Waals surface area contributed by atoms with Crippen molar-refractivity contribution in [3.05, 3.63) is 66.6 Å². The monoisotopic (exact) mass is 427 g/mol. The first kappa shape index (κ1) is 20.3. The van der Waals surface area contributed by atoms with Gasteiger partial charge in [0.2, 0.25) is 5.95 Å². The van der Waals surface area contributed by atoms with Crippen LogP contribution in [-0.2, 0) is 6.61 Å². The van der Waals surface area contributed by atoms with E-state index < -0.39 is 0 Å². The number of nitrogens with one attached hydrogen (secondary N) is 1. The highest BCUT2D eigenvalue weighted by Gasteiger charge is 2.15. The quantitative estimate of drug-likeness (QED) is 0.502. The smallest absolute Gasteiger partial charge is 0.228 e. The first-order valence-electron chi connectivity index (χ1n) is 10.7. The van der Waals surface area contributed by atoms with Crippen LogP contribution in [0, 0.1) is 0 Å². The lowest BCUT2D eigenvalue weighted by molar-refractivity contribution is 0.277. The van der Waals surface area contributed by atoms with Crippen molar-refractivity contribution in [2.45, 2.75) is 6.61 Å². The van der Waals surface area contributed by atoms with Crippen molar-refractivity contribution in [3.63, 3.8) is 0 Å². The SMILES string of the molecule is CN1CCN(c2ccc(Nc3ncc4cc(CO)nc(-c5ccccc5)c4n3)nc2)CC1.